The highest BCUT2D eigenvalue weighted by Gasteiger charge is 2.09. The molecule has 0 fully saturated rings. The summed E-state index contributed by atoms with van der Waals surface area (Å²) in [4.78, 5) is 23.6. The fraction of sp³-hybridized carbons (Fsp3) is 0.333. The van der Waals surface area contributed by atoms with Gasteiger partial charge in [-0.1, -0.05) is 26.0 Å². The van der Waals surface area contributed by atoms with Gasteiger partial charge in [0.2, 0.25) is 0 Å². The molecule has 1 aromatic carbocycles. The van der Waals surface area contributed by atoms with Crippen molar-refractivity contribution < 1.29 is 18.7 Å². The van der Waals surface area contributed by atoms with Crippen LogP contribution in [0.3, 0.4) is 0 Å². The molecule has 0 aliphatic rings. The fourth-order valence-corrected chi connectivity index (χ4v) is 1.97. The molecule has 3 amide bonds. The Hall–Kier alpha value is -2.96. The van der Waals surface area contributed by atoms with Crippen molar-refractivity contribution in [2.45, 2.75) is 13.8 Å². The predicted octanol–water partition coefficient (Wildman–Crippen LogP) is 2.87. The molecule has 25 heavy (non-hydrogen) atoms. The van der Waals surface area contributed by atoms with E-state index in [1.165, 1.54) is 6.26 Å². The van der Waals surface area contributed by atoms with E-state index in [9.17, 15) is 9.59 Å². The first kappa shape index (κ1) is 18.4. The molecule has 0 saturated carbocycles. The molecular weight excluding hydrogens is 322 g/mol. The number of hydrogen-bond donors (Lipinski definition) is 3. The number of para-hydroxylation sites is 2. The SMILES string of the molecule is CC(C)COc1ccccc1NC(=O)NCCNC(=O)c1ccco1. The Morgan fingerprint density at radius 1 is 1.08 bits per heavy atom. The third kappa shape index (κ3) is 6.21. The van der Waals surface area contributed by atoms with E-state index in [-0.39, 0.29) is 24.2 Å². The molecule has 2 rings (SSSR count). The molecule has 134 valence electrons. The maximum atomic E-state index is 12.0. The highest BCUT2D eigenvalue weighted by Crippen LogP contribution is 2.24. The summed E-state index contributed by atoms with van der Waals surface area (Å²) in [5.74, 6) is 0.928. The predicted molar refractivity (Wildman–Crippen MR) is 94.8 cm³/mol. The summed E-state index contributed by atoms with van der Waals surface area (Å²) >= 11 is 0. The van der Waals surface area contributed by atoms with Gasteiger partial charge >= 0.3 is 6.03 Å². The molecule has 0 bridgehead atoms. The van der Waals surface area contributed by atoms with Gasteiger partial charge in [-0.15, -0.1) is 0 Å². The smallest absolute Gasteiger partial charge is 0.319 e. The second kappa shape index (κ2) is 9.36. The second-order valence-corrected chi connectivity index (χ2v) is 5.82. The Morgan fingerprint density at radius 2 is 1.84 bits per heavy atom. The Balaban J connectivity index is 1.74. The van der Waals surface area contributed by atoms with E-state index in [4.69, 9.17) is 9.15 Å². The number of anilines is 1. The summed E-state index contributed by atoms with van der Waals surface area (Å²) < 4.78 is 10.7. The van der Waals surface area contributed by atoms with Crippen LogP contribution in [-0.2, 0) is 0 Å². The lowest BCUT2D eigenvalue weighted by Gasteiger charge is -2.14. The molecule has 3 N–H and O–H groups in total. The number of nitrogens with one attached hydrogen (secondary N) is 3. The van der Waals surface area contributed by atoms with Gasteiger partial charge in [-0.05, 0) is 30.2 Å². The second-order valence-electron chi connectivity index (χ2n) is 5.82. The third-order valence-corrected chi connectivity index (χ3v) is 3.15. The first-order valence-corrected chi connectivity index (χ1v) is 8.14. The summed E-state index contributed by atoms with van der Waals surface area (Å²) in [6, 6.07) is 10.1. The van der Waals surface area contributed by atoms with E-state index in [0.717, 1.165) is 0 Å². The van der Waals surface area contributed by atoms with Crippen molar-refractivity contribution in [1.82, 2.24) is 10.6 Å². The molecular formula is C18H23N3O4. The van der Waals surface area contributed by atoms with E-state index in [1.807, 2.05) is 18.2 Å². The van der Waals surface area contributed by atoms with Crippen LogP contribution in [0.2, 0.25) is 0 Å². The minimum Gasteiger partial charge on any atom is -0.491 e. The number of furan rings is 1. The van der Waals surface area contributed by atoms with Gasteiger partial charge in [-0.25, -0.2) is 4.79 Å². The molecule has 1 aromatic heterocycles. The molecule has 0 saturated heterocycles. The summed E-state index contributed by atoms with van der Waals surface area (Å²) in [6.07, 6.45) is 1.43. The molecule has 0 unspecified atom stereocenters. The normalized spacial score (nSPS) is 10.4. The van der Waals surface area contributed by atoms with Crippen molar-refractivity contribution in [1.29, 1.82) is 0 Å². The van der Waals surface area contributed by atoms with Crippen LogP contribution in [0.5, 0.6) is 5.75 Å². The quantitative estimate of drug-likeness (QED) is 0.642. The molecule has 7 heteroatoms. The van der Waals surface area contributed by atoms with Crippen molar-refractivity contribution in [3.8, 4) is 5.75 Å². The van der Waals surface area contributed by atoms with Crippen LogP contribution in [0.15, 0.2) is 47.1 Å². The van der Waals surface area contributed by atoms with Crippen molar-refractivity contribution in [2.24, 2.45) is 5.92 Å². The maximum absolute atomic E-state index is 12.0. The Kier molecular flexibility index (Phi) is 6.88. The molecule has 0 spiro atoms. The molecule has 7 nitrogen and oxygen atoms in total. The molecule has 1 heterocycles. The largest absolute Gasteiger partial charge is 0.491 e. The topological polar surface area (TPSA) is 92.6 Å². The van der Waals surface area contributed by atoms with Gasteiger partial charge in [0.25, 0.3) is 5.91 Å². The number of hydrogen-bond acceptors (Lipinski definition) is 4. The standard InChI is InChI=1S/C18H23N3O4/c1-13(2)12-25-15-7-4-3-6-14(15)21-18(23)20-10-9-19-17(22)16-8-5-11-24-16/h3-8,11,13H,9-10,12H2,1-2H3,(H,19,22)(H2,20,21,23). The van der Waals surface area contributed by atoms with Crippen LogP contribution in [-0.4, -0.2) is 31.6 Å². The lowest BCUT2D eigenvalue weighted by molar-refractivity contribution is 0.0926. The van der Waals surface area contributed by atoms with Gasteiger partial charge in [-0.3, -0.25) is 4.79 Å². The van der Waals surface area contributed by atoms with Crippen LogP contribution >= 0.6 is 0 Å². The van der Waals surface area contributed by atoms with Crippen LogP contribution in [0.4, 0.5) is 10.5 Å². The maximum Gasteiger partial charge on any atom is 0.319 e. The van der Waals surface area contributed by atoms with Crippen LogP contribution in [0, 0.1) is 5.92 Å². The number of rotatable bonds is 8. The first-order chi connectivity index (χ1) is 12.1. The van der Waals surface area contributed by atoms with Gasteiger partial charge in [0.05, 0.1) is 18.6 Å². The highest BCUT2D eigenvalue weighted by atomic mass is 16.5. The summed E-state index contributed by atoms with van der Waals surface area (Å²) in [5.41, 5.74) is 0.597. The molecule has 0 atom stereocenters. The van der Waals surface area contributed by atoms with Gasteiger partial charge in [0, 0.05) is 13.1 Å². The molecule has 0 aliphatic heterocycles. The fourth-order valence-electron chi connectivity index (χ4n) is 1.97. The Bertz CT molecular complexity index is 683. The van der Waals surface area contributed by atoms with Crippen LogP contribution in [0.1, 0.15) is 24.4 Å². The molecule has 2 aromatic rings. The van der Waals surface area contributed by atoms with Crippen LogP contribution < -0.4 is 20.7 Å². The average molecular weight is 345 g/mol. The summed E-state index contributed by atoms with van der Waals surface area (Å²) in [6.45, 7) is 5.25. The van der Waals surface area contributed by atoms with Crippen molar-refractivity contribution in [3.63, 3.8) is 0 Å². The zero-order valence-electron chi connectivity index (χ0n) is 14.4. The Labute approximate surface area is 146 Å². The van der Waals surface area contributed by atoms with E-state index in [2.05, 4.69) is 29.8 Å². The Morgan fingerprint density at radius 3 is 2.56 bits per heavy atom. The van der Waals surface area contributed by atoms with E-state index in [0.29, 0.717) is 30.5 Å². The number of benzene rings is 1. The van der Waals surface area contributed by atoms with Crippen molar-refractivity contribution >= 4 is 17.6 Å². The highest BCUT2D eigenvalue weighted by molar-refractivity contribution is 5.92. The van der Waals surface area contributed by atoms with Gasteiger partial charge in [0.15, 0.2) is 5.76 Å². The van der Waals surface area contributed by atoms with E-state index < -0.39 is 0 Å². The minimum absolute atomic E-state index is 0.237. The van der Waals surface area contributed by atoms with Gasteiger partial charge in [-0.2, -0.15) is 0 Å². The average Bonchev–Trinajstić information content (AvgIpc) is 3.12. The minimum atomic E-state index is -0.368. The van der Waals surface area contributed by atoms with Crippen LogP contribution in [0.25, 0.3) is 0 Å². The third-order valence-electron chi connectivity index (χ3n) is 3.15. The number of carbonyl (C=O) groups excluding carboxylic acids is 2. The molecule has 0 aliphatic carbocycles. The van der Waals surface area contributed by atoms with Crippen molar-refractivity contribution in [2.75, 3.05) is 25.0 Å². The number of ether oxygens (including phenoxy) is 1. The van der Waals surface area contributed by atoms with E-state index >= 15 is 0 Å². The lowest BCUT2D eigenvalue weighted by atomic mass is 10.2. The zero-order chi connectivity index (χ0) is 18.1. The number of carbonyl (C=O) groups is 2. The molecule has 0 radical (unpaired) electrons. The summed E-state index contributed by atoms with van der Waals surface area (Å²) in [7, 11) is 0. The van der Waals surface area contributed by atoms with E-state index in [1.54, 1.807) is 18.2 Å². The zero-order valence-corrected chi connectivity index (χ0v) is 14.4. The van der Waals surface area contributed by atoms with Crippen molar-refractivity contribution in [3.05, 3.63) is 48.4 Å². The summed E-state index contributed by atoms with van der Waals surface area (Å²) in [5, 5.41) is 8.07. The van der Waals surface area contributed by atoms with Gasteiger partial charge < -0.3 is 25.1 Å². The van der Waals surface area contributed by atoms with Gasteiger partial charge in [0.1, 0.15) is 5.75 Å². The first-order valence-electron chi connectivity index (χ1n) is 8.14. The lowest BCUT2D eigenvalue weighted by Crippen LogP contribution is -2.36. The number of urea groups is 1. The number of amides is 3. The monoisotopic (exact) mass is 345 g/mol.